The van der Waals surface area contributed by atoms with Crippen LogP contribution >= 0.6 is 0 Å². The standard InChI is InChI=1S/C42H68O14/c1-21-29(48)34(56-35-32(51)31(50)30(49)24(17-43)54-35)33(52)36(53-21)55-28-10-11-38(3)25(39(28,4)19-45)9-12-40(5)26(38)8-7-22-23-15-37(2,18-44)13-14-42(23,20-46)27(47)16-41(22,40)6/h7-8,21,24-36,43-52H,9-20H2,1-6H3/t21-,24-,25-,26-,27+,28+,29+,30-,31+,32-,33-,34+,35+,36+,37+,38+,39+,40-,41-,42-/m1/s1. The van der Waals surface area contributed by atoms with Crippen molar-refractivity contribution in [1.82, 2.24) is 0 Å². The Morgan fingerprint density at radius 1 is 0.732 bits per heavy atom. The van der Waals surface area contributed by atoms with E-state index in [1.807, 2.05) is 6.92 Å². The number of hydrogen-bond donors (Lipinski definition) is 10. The van der Waals surface area contributed by atoms with Gasteiger partial charge in [0.15, 0.2) is 12.6 Å². The van der Waals surface area contributed by atoms with Gasteiger partial charge in [0.1, 0.15) is 42.7 Å². The maximum atomic E-state index is 12.0. The first kappa shape index (κ1) is 43.0. The fourth-order valence-corrected chi connectivity index (χ4v) is 13.1. The topological polar surface area (TPSA) is 239 Å². The van der Waals surface area contributed by atoms with Crippen LogP contribution in [0, 0.1) is 44.3 Å². The summed E-state index contributed by atoms with van der Waals surface area (Å²) in [5.41, 5.74) is -0.498. The third-order valence-corrected chi connectivity index (χ3v) is 17.1. The molecule has 0 unspecified atom stereocenters. The van der Waals surface area contributed by atoms with Crippen LogP contribution in [0.1, 0.15) is 92.9 Å². The normalized spacial score (nSPS) is 55.9. The molecule has 0 aromatic rings. The molecule has 0 aromatic heterocycles. The molecule has 0 amide bonds. The van der Waals surface area contributed by atoms with Crippen molar-refractivity contribution in [2.75, 3.05) is 26.4 Å². The smallest absolute Gasteiger partial charge is 0.187 e. The zero-order valence-electron chi connectivity index (χ0n) is 33.8. The second kappa shape index (κ2) is 14.8. The van der Waals surface area contributed by atoms with Gasteiger partial charge in [0, 0.05) is 22.9 Å². The van der Waals surface area contributed by atoms with Crippen LogP contribution in [0.5, 0.6) is 0 Å². The van der Waals surface area contributed by atoms with E-state index in [1.54, 1.807) is 6.92 Å². The molecule has 10 N–H and O–H groups in total. The van der Waals surface area contributed by atoms with Gasteiger partial charge < -0.3 is 70.0 Å². The Balaban J connectivity index is 1.15. The van der Waals surface area contributed by atoms with E-state index in [0.717, 1.165) is 31.3 Å². The summed E-state index contributed by atoms with van der Waals surface area (Å²) in [5.74, 6) is 0.0705. The SMILES string of the molecule is C[C@H]1O[C@@H](O[C@H]2CC[C@@]3(C)[C@@H](CC[C@]4(C)[C@@H]3C=CC3=C5C[C@@](C)(CO)CC[C@]5(CO)[C@@H](O)C[C@]34C)[C@]2(C)CO)[C@H](O)[C@@H](O[C@@H]2O[C@H](CO)[C@@H](O)[C@H](O)[C@H]2O)[C@H]1O. The molecule has 0 aromatic carbocycles. The number of allylic oxidation sites excluding steroid dienone is 3. The molecule has 0 bridgehead atoms. The van der Waals surface area contributed by atoms with Gasteiger partial charge in [-0.15, -0.1) is 0 Å². The number of fused-ring (bicyclic) bond motifs is 6. The van der Waals surface area contributed by atoms with Crippen molar-refractivity contribution in [3.05, 3.63) is 23.3 Å². The van der Waals surface area contributed by atoms with Gasteiger partial charge >= 0.3 is 0 Å². The summed E-state index contributed by atoms with van der Waals surface area (Å²) in [6.45, 7) is 11.7. The molecule has 2 saturated heterocycles. The summed E-state index contributed by atoms with van der Waals surface area (Å²) in [7, 11) is 0. The van der Waals surface area contributed by atoms with Crippen LogP contribution in [0.4, 0.5) is 0 Å². The van der Waals surface area contributed by atoms with Gasteiger partial charge in [-0.3, -0.25) is 0 Å². The molecule has 56 heavy (non-hydrogen) atoms. The molecule has 14 heteroatoms. The van der Waals surface area contributed by atoms with Gasteiger partial charge in [0.05, 0.1) is 38.1 Å². The molecule has 5 fully saturated rings. The Morgan fingerprint density at radius 2 is 1.43 bits per heavy atom. The molecule has 2 aliphatic heterocycles. The highest BCUT2D eigenvalue weighted by atomic mass is 16.7. The molecule has 5 aliphatic carbocycles. The first-order chi connectivity index (χ1) is 26.2. The van der Waals surface area contributed by atoms with E-state index in [0.29, 0.717) is 25.7 Å². The zero-order chi connectivity index (χ0) is 41.0. The van der Waals surface area contributed by atoms with Crippen molar-refractivity contribution >= 4 is 0 Å². The van der Waals surface area contributed by atoms with Crippen LogP contribution < -0.4 is 0 Å². The number of ether oxygens (including phenoxy) is 4. The first-order valence-corrected chi connectivity index (χ1v) is 20.8. The summed E-state index contributed by atoms with van der Waals surface area (Å²) in [4.78, 5) is 0. The van der Waals surface area contributed by atoms with Crippen molar-refractivity contribution in [3.63, 3.8) is 0 Å². The molecule has 0 radical (unpaired) electrons. The van der Waals surface area contributed by atoms with Crippen molar-refractivity contribution in [1.29, 1.82) is 0 Å². The van der Waals surface area contributed by atoms with E-state index in [2.05, 4.69) is 39.8 Å². The van der Waals surface area contributed by atoms with Gasteiger partial charge in [-0.2, -0.15) is 0 Å². The number of aliphatic hydroxyl groups is 10. The molecule has 14 nitrogen and oxygen atoms in total. The molecular formula is C42H68O14. The lowest BCUT2D eigenvalue weighted by molar-refractivity contribution is -0.367. The van der Waals surface area contributed by atoms with Gasteiger partial charge in [-0.05, 0) is 91.9 Å². The lowest BCUT2D eigenvalue weighted by Crippen LogP contribution is -2.67. The van der Waals surface area contributed by atoms with Gasteiger partial charge in [0.2, 0.25) is 0 Å². The fourth-order valence-electron chi connectivity index (χ4n) is 13.1. The lowest BCUT2D eigenvalue weighted by atomic mass is 9.35. The largest absolute Gasteiger partial charge is 0.396 e. The Hall–Kier alpha value is -1.08. The summed E-state index contributed by atoms with van der Waals surface area (Å²) in [6, 6.07) is 0. The molecule has 7 aliphatic rings. The van der Waals surface area contributed by atoms with Crippen molar-refractivity contribution in [2.45, 2.75) is 167 Å². The highest BCUT2D eigenvalue weighted by Crippen LogP contribution is 2.74. The second-order valence-electron chi connectivity index (χ2n) is 20.1. The number of aliphatic hydroxyl groups excluding tert-OH is 10. The lowest BCUT2D eigenvalue weighted by Gasteiger charge is -2.70. The maximum Gasteiger partial charge on any atom is 0.187 e. The first-order valence-electron chi connectivity index (χ1n) is 20.8. The third kappa shape index (κ3) is 6.10. The summed E-state index contributed by atoms with van der Waals surface area (Å²) in [5, 5.41) is 108. The van der Waals surface area contributed by atoms with Crippen LogP contribution in [0.3, 0.4) is 0 Å². The minimum Gasteiger partial charge on any atom is -0.396 e. The summed E-state index contributed by atoms with van der Waals surface area (Å²) in [6.07, 6.45) is -5.79. The monoisotopic (exact) mass is 796 g/mol. The van der Waals surface area contributed by atoms with E-state index in [4.69, 9.17) is 18.9 Å². The van der Waals surface area contributed by atoms with Crippen molar-refractivity contribution in [3.8, 4) is 0 Å². The molecule has 2 heterocycles. The van der Waals surface area contributed by atoms with Crippen molar-refractivity contribution in [2.24, 2.45) is 44.3 Å². The fraction of sp³-hybridized carbons (Fsp3) is 0.905. The van der Waals surface area contributed by atoms with E-state index in [9.17, 15) is 51.1 Å². The summed E-state index contributed by atoms with van der Waals surface area (Å²) >= 11 is 0. The molecule has 0 spiro atoms. The predicted molar refractivity (Wildman–Crippen MR) is 200 cm³/mol. The maximum absolute atomic E-state index is 12.0. The zero-order valence-corrected chi connectivity index (χ0v) is 33.8. The quantitative estimate of drug-likeness (QED) is 0.152. The predicted octanol–water partition coefficient (Wildman–Crippen LogP) is 0.653. The second-order valence-corrected chi connectivity index (χ2v) is 20.1. The van der Waals surface area contributed by atoms with Crippen LogP contribution in [0.15, 0.2) is 23.3 Å². The number of hydrogen-bond acceptors (Lipinski definition) is 14. The van der Waals surface area contributed by atoms with Gasteiger partial charge in [-0.25, -0.2) is 0 Å². The number of rotatable bonds is 8. The van der Waals surface area contributed by atoms with Gasteiger partial charge in [0.25, 0.3) is 0 Å². The van der Waals surface area contributed by atoms with Crippen molar-refractivity contribution < 1.29 is 70.0 Å². The van der Waals surface area contributed by atoms with E-state index < -0.39 is 96.5 Å². The minimum atomic E-state index is -1.74. The van der Waals surface area contributed by atoms with Crippen LogP contribution in [-0.2, 0) is 18.9 Å². The Morgan fingerprint density at radius 3 is 2.07 bits per heavy atom. The van der Waals surface area contributed by atoms with Crippen LogP contribution in [0.2, 0.25) is 0 Å². The average Bonchev–Trinajstić information content (AvgIpc) is 3.17. The molecule has 7 rings (SSSR count). The van der Waals surface area contributed by atoms with Gasteiger partial charge in [-0.1, -0.05) is 52.3 Å². The Bertz CT molecular complexity index is 1520. The molecule has 20 atom stereocenters. The van der Waals surface area contributed by atoms with Crippen LogP contribution in [-0.4, -0.2) is 151 Å². The Kier molecular flexibility index (Phi) is 11.4. The third-order valence-electron chi connectivity index (χ3n) is 17.1. The minimum absolute atomic E-state index is 0.0124. The van der Waals surface area contributed by atoms with E-state index in [1.165, 1.54) is 5.57 Å². The summed E-state index contributed by atoms with van der Waals surface area (Å²) < 4.78 is 24.0. The van der Waals surface area contributed by atoms with Crippen LogP contribution in [0.25, 0.3) is 0 Å². The average molecular weight is 797 g/mol. The van der Waals surface area contributed by atoms with E-state index >= 15 is 0 Å². The Labute approximate surface area is 330 Å². The highest BCUT2D eigenvalue weighted by Gasteiger charge is 2.69. The highest BCUT2D eigenvalue weighted by molar-refractivity contribution is 5.47. The molecule has 3 saturated carbocycles. The van der Waals surface area contributed by atoms with E-state index in [-0.39, 0.29) is 47.9 Å². The molecule has 320 valence electrons. The molecular weight excluding hydrogens is 728 g/mol.